The third-order valence-corrected chi connectivity index (χ3v) is 21.5. The zero-order valence-electron chi connectivity index (χ0n) is 55.4. The van der Waals surface area contributed by atoms with E-state index in [0.29, 0.717) is 11.3 Å². The second-order valence-electron chi connectivity index (χ2n) is 27.1. The molecule has 0 spiro atoms. The molecule has 0 aliphatic carbocycles. The number of para-hydroxylation sites is 4. The van der Waals surface area contributed by atoms with Gasteiger partial charge in [0.1, 0.15) is 0 Å². The van der Waals surface area contributed by atoms with E-state index in [9.17, 15) is 9.59 Å². The molecular weight excluding hydrogens is 1250 g/mol. The van der Waals surface area contributed by atoms with Crippen LogP contribution in [0.5, 0.6) is 0 Å². The van der Waals surface area contributed by atoms with Crippen molar-refractivity contribution in [1.82, 2.24) is 32.9 Å². The van der Waals surface area contributed by atoms with Crippen molar-refractivity contribution in [3.05, 3.63) is 330 Å². The molecular formula is C93H57N7O2. The molecule has 21 rings (SSSR count). The lowest BCUT2D eigenvalue weighted by Gasteiger charge is -2.21. The van der Waals surface area contributed by atoms with Crippen LogP contribution in [0.15, 0.2) is 319 Å². The van der Waals surface area contributed by atoms with Gasteiger partial charge in [-0.1, -0.05) is 212 Å². The Morgan fingerprint density at radius 2 is 0.559 bits per heavy atom. The van der Waals surface area contributed by atoms with E-state index in [0.717, 1.165) is 176 Å². The van der Waals surface area contributed by atoms with Gasteiger partial charge >= 0.3 is 11.4 Å². The fourth-order valence-electron chi connectivity index (χ4n) is 16.6. The van der Waals surface area contributed by atoms with E-state index in [4.69, 9.17) is 15.0 Å². The molecule has 0 amide bonds. The van der Waals surface area contributed by atoms with Crippen molar-refractivity contribution in [3.8, 4) is 78.1 Å². The summed E-state index contributed by atoms with van der Waals surface area (Å²) in [6, 6.07) is 111. The predicted octanol–water partition coefficient (Wildman–Crippen LogP) is 22.1. The highest BCUT2D eigenvalue weighted by Crippen LogP contribution is 2.50. The summed E-state index contributed by atoms with van der Waals surface area (Å²) in [5.74, 6) is 0. The normalized spacial score (nSPS) is 12.1. The quantitative estimate of drug-likeness (QED) is 0.148. The summed E-state index contributed by atoms with van der Waals surface area (Å²) >= 11 is 0. The Morgan fingerprint density at radius 1 is 0.225 bits per heavy atom. The number of benzene rings is 16. The van der Waals surface area contributed by atoms with Gasteiger partial charge in [0.15, 0.2) is 11.3 Å². The van der Waals surface area contributed by atoms with Gasteiger partial charge in [-0.2, -0.15) is 0 Å². The number of nitrogens with zero attached hydrogens (tertiary/aromatic N) is 7. The number of aryl methyl sites for hydroxylation is 2. The molecule has 9 heteroatoms. The van der Waals surface area contributed by atoms with Crippen LogP contribution in [0, 0.1) is 0 Å². The van der Waals surface area contributed by atoms with E-state index < -0.39 is 0 Å². The van der Waals surface area contributed by atoms with E-state index in [-0.39, 0.29) is 11.4 Å². The summed E-state index contributed by atoms with van der Waals surface area (Å²) < 4.78 is 6.91. The summed E-state index contributed by atoms with van der Waals surface area (Å²) in [7, 11) is 3.69. The molecule has 0 aliphatic heterocycles. The highest BCUT2D eigenvalue weighted by atomic mass is 16.2. The molecule has 0 unspecified atom stereocenters. The summed E-state index contributed by atoms with van der Waals surface area (Å²) in [6.45, 7) is 0. The first-order chi connectivity index (χ1) is 50.2. The lowest BCUT2D eigenvalue weighted by Crippen LogP contribution is -2.24. The van der Waals surface area contributed by atoms with Gasteiger partial charge in [-0.15, -0.1) is 0 Å². The Labute approximate surface area is 582 Å². The van der Waals surface area contributed by atoms with Gasteiger partial charge < -0.3 is 0 Å². The van der Waals surface area contributed by atoms with Crippen LogP contribution < -0.4 is 11.4 Å². The maximum absolute atomic E-state index is 14.3. The maximum atomic E-state index is 14.3. The van der Waals surface area contributed by atoms with Gasteiger partial charge in [-0.05, 0) is 228 Å². The summed E-state index contributed by atoms with van der Waals surface area (Å²) in [5, 5.41) is 17.7. The van der Waals surface area contributed by atoms with Gasteiger partial charge in [0.25, 0.3) is 0 Å². The lowest BCUT2D eigenvalue weighted by atomic mass is 9.82. The third kappa shape index (κ3) is 8.61. The van der Waals surface area contributed by atoms with Gasteiger partial charge in [0.2, 0.25) is 0 Å². The molecule has 21 aromatic rings. The SMILES string of the molecule is Cn1c(=O)n2c3ccccc3nc2c2ccc(-c3ccc4c(-c5ccc6ccccc6c5)c5cc(-c6ccc7c(-c8cccc(-c9ccc%10c(c9)n(C)c(=O)n9c%11ccccc%11nc%109)n8)c8ccccc8c(-c8ccc9ccccc9c8)c7c6)ccc5c(-c5ccc6ccccc6c5)c4c3)cc21. The summed E-state index contributed by atoms with van der Waals surface area (Å²) in [6.07, 6.45) is 0. The van der Waals surface area contributed by atoms with Crippen LogP contribution in [-0.2, 0) is 14.1 Å². The van der Waals surface area contributed by atoms with Gasteiger partial charge in [-0.25, -0.2) is 33.3 Å². The van der Waals surface area contributed by atoms with Gasteiger partial charge in [0.05, 0.1) is 44.5 Å². The highest BCUT2D eigenvalue weighted by molar-refractivity contribution is 6.25. The minimum absolute atomic E-state index is 0.140. The number of imidazole rings is 2. The van der Waals surface area contributed by atoms with Crippen LogP contribution >= 0.6 is 0 Å². The van der Waals surface area contributed by atoms with E-state index in [2.05, 4.69) is 261 Å². The number of aromatic nitrogens is 7. The number of hydrogen-bond donors (Lipinski definition) is 0. The zero-order valence-corrected chi connectivity index (χ0v) is 55.4. The fraction of sp³-hybridized carbons (Fsp3) is 0.0215. The van der Waals surface area contributed by atoms with E-state index in [1.807, 2.05) is 62.6 Å². The summed E-state index contributed by atoms with van der Waals surface area (Å²) in [4.78, 5) is 44.1. The van der Waals surface area contributed by atoms with Crippen LogP contribution in [0.25, 0.3) is 209 Å². The van der Waals surface area contributed by atoms with Crippen LogP contribution in [0.1, 0.15) is 0 Å². The Bertz CT molecular complexity index is 7420. The number of hydrogen-bond acceptors (Lipinski definition) is 5. The van der Waals surface area contributed by atoms with Crippen LogP contribution in [-0.4, -0.2) is 32.9 Å². The van der Waals surface area contributed by atoms with Crippen molar-refractivity contribution in [3.63, 3.8) is 0 Å². The fourth-order valence-corrected chi connectivity index (χ4v) is 16.6. The molecule has 9 nitrogen and oxygen atoms in total. The molecule has 0 aliphatic rings. The molecule has 16 aromatic carbocycles. The van der Waals surface area contributed by atoms with Crippen molar-refractivity contribution in [2.75, 3.05) is 0 Å². The maximum Gasteiger partial charge on any atom is 0.334 e. The molecule has 0 atom stereocenters. The largest absolute Gasteiger partial charge is 0.334 e. The Balaban J connectivity index is 0.793. The minimum Gasteiger partial charge on any atom is -0.296 e. The van der Waals surface area contributed by atoms with Crippen molar-refractivity contribution in [1.29, 1.82) is 0 Å². The van der Waals surface area contributed by atoms with Gasteiger partial charge in [0, 0.05) is 36.0 Å². The molecule has 5 heterocycles. The predicted molar refractivity (Wildman–Crippen MR) is 423 cm³/mol. The Kier molecular flexibility index (Phi) is 12.4. The first-order valence-electron chi connectivity index (χ1n) is 34.5. The zero-order chi connectivity index (χ0) is 67.6. The standard InChI is InChI=1S/C93H57N7O2/c1-97-84-52-63(39-44-73(84)90-95-79-24-11-13-28-82(79)99(90)92(97)101)62-37-42-71-76(51-62)88(67-35-32-56-18-5-8-21-59(56)48-67)70-41-36-60(49-75(70)87(71)66-34-31-55-17-4-7-20-58(55)47-66)61-38-43-72-77(50-61)86(65-33-30-54-16-3-6-19-57(54)46-65)68-22-9-10-23-69(68)89(72)81-27-15-26-78(94-81)64-40-45-74-85(53-64)98(2)93(102)100-83-29-14-12-25-80(83)96-91(74)100/h3-53H,1-2H3. The average Bonchev–Trinajstić information content (AvgIpc) is 0.954. The minimum atomic E-state index is -0.155. The summed E-state index contributed by atoms with van der Waals surface area (Å²) in [5.41, 5.74) is 20.3. The molecule has 0 saturated heterocycles. The first kappa shape index (κ1) is 57.4. The monoisotopic (exact) mass is 1300 g/mol. The molecule has 0 bridgehead atoms. The van der Waals surface area contributed by atoms with Crippen LogP contribution in [0.4, 0.5) is 0 Å². The lowest BCUT2D eigenvalue weighted by molar-refractivity contribution is 0.836. The average molecular weight is 1300 g/mol. The van der Waals surface area contributed by atoms with Crippen molar-refractivity contribution >= 4 is 131 Å². The number of pyridine rings is 1. The number of rotatable bonds is 7. The highest BCUT2D eigenvalue weighted by Gasteiger charge is 2.24. The third-order valence-electron chi connectivity index (χ3n) is 21.5. The molecule has 0 saturated carbocycles. The first-order valence-corrected chi connectivity index (χ1v) is 34.5. The van der Waals surface area contributed by atoms with Crippen molar-refractivity contribution in [2.24, 2.45) is 14.1 Å². The Morgan fingerprint density at radius 3 is 1.02 bits per heavy atom. The molecule has 0 N–H and O–H groups in total. The van der Waals surface area contributed by atoms with Crippen molar-refractivity contribution < 1.29 is 0 Å². The Hall–Kier alpha value is -13.6. The van der Waals surface area contributed by atoms with Gasteiger partial charge in [-0.3, -0.25) is 9.13 Å². The molecule has 5 aromatic heterocycles. The molecule has 0 fully saturated rings. The van der Waals surface area contributed by atoms with Crippen molar-refractivity contribution in [2.45, 2.75) is 0 Å². The van der Waals surface area contributed by atoms with Crippen LogP contribution in [0.2, 0.25) is 0 Å². The number of fused-ring (bicyclic) bond motifs is 17. The molecule has 102 heavy (non-hydrogen) atoms. The van der Waals surface area contributed by atoms with E-state index in [1.165, 1.54) is 21.5 Å². The smallest absolute Gasteiger partial charge is 0.296 e. The van der Waals surface area contributed by atoms with Crippen LogP contribution in [0.3, 0.4) is 0 Å². The van der Waals surface area contributed by atoms with E-state index >= 15 is 0 Å². The second kappa shape index (κ2) is 21.9. The second-order valence-corrected chi connectivity index (χ2v) is 27.1. The molecule has 0 radical (unpaired) electrons. The molecule has 476 valence electrons. The topological polar surface area (TPSA) is 91.5 Å². The van der Waals surface area contributed by atoms with E-state index in [1.54, 1.807) is 17.9 Å².